The number of carboxylic acids is 1. The molecule has 1 N–H and O–H groups in total. The van der Waals surface area contributed by atoms with Crippen LogP contribution >= 0.6 is 27.5 Å². The van der Waals surface area contributed by atoms with Crippen LogP contribution < -0.4 is 10.3 Å². The van der Waals surface area contributed by atoms with Crippen LogP contribution in [0.3, 0.4) is 0 Å². The average Bonchev–Trinajstić information content (AvgIpc) is 2.74. The van der Waals surface area contributed by atoms with Crippen molar-refractivity contribution in [3.05, 3.63) is 71.7 Å². The van der Waals surface area contributed by atoms with E-state index >= 15 is 0 Å². The van der Waals surface area contributed by atoms with Gasteiger partial charge < -0.3 is 9.84 Å². The molecule has 1 atom stereocenters. The van der Waals surface area contributed by atoms with Gasteiger partial charge in [-0.25, -0.2) is 9.78 Å². The Labute approximate surface area is 200 Å². The van der Waals surface area contributed by atoms with Gasteiger partial charge >= 0.3 is 11.7 Å². The molecule has 0 fully saturated rings. The first kappa shape index (κ1) is 24.3. The Bertz CT molecular complexity index is 1350. The van der Waals surface area contributed by atoms with Crippen molar-refractivity contribution in [2.24, 2.45) is 5.10 Å². The fourth-order valence-corrected chi connectivity index (χ4v) is 3.54. The van der Waals surface area contributed by atoms with E-state index in [2.05, 4.69) is 26.0 Å². The summed E-state index contributed by atoms with van der Waals surface area (Å²) in [5.41, 5.74) is -0.456. The van der Waals surface area contributed by atoms with Gasteiger partial charge in [0.05, 0.1) is 22.0 Å². The molecule has 0 radical (unpaired) electrons. The number of aliphatic carboxylic acids is 1. The quantitative estimate of drug-likeness (QED) is 0.264. The van der Waals surface area contributed by atoms with E-state index in [1.165, 1.54) is 13.0 Å². The second kappa shape index (κ2) is 9.67. The second-order valence-electron chi connectivity index (χ2n) is 7.35. The summed E-state index contributed by atoms with van der Waals surface area (Å²) in [5.74, 6) is -1.47. The number of nitrogens with zero attached hydrogens (tertiary/aromatic N) is 4. The van der Waals surface area contributed by atoms with Crippen LogP contribution in [0.25, 0.3) is 10.9 Å². The molecule has 0 bridgehead atoms. The minimum Gasteiger partial charge on any atom is -0.479 e. The molecule has 172 valence electrons. The molecule has 1 heterocycles. The Balaban J connectivity index is 2.23. The van der Waals surface area contributed by atoms with Crippen molar-refractivity contribution in [1.29, 1.82) is 0 Å². The maximum atomic E-state index is 13.2. The van der Waals surface area contributed by atoms with E-state index in [0.29, 0.717) is 21.2 Å². The maximum absolute atomic E-state index is 13.2. The molecule has 0 aliphatic heterocycles. The highest BCUT2D eigenvalue weighted by molar-refractivity contribution is 9.10. The monoisotopic (exact) mass is 536 g/mol. The van der Waals surface area contributed by atoms with Crippen LogP contribution in [0.15, 0.2) is 44.7 Å². The molecule has 12 heteroatoms. The van der Waals surface area contributed by atoms with Crippen LogP contribution in [0, 0.1) is 10.1 Å². The first-order valence-corrected chi connectivity index (χ1v) is 10.8. The number of benzene rings is 2. The summed E-state index contributed by atoms with van der Waals surface area (Å²) in [7, 11) is 0. The van der Waals surface area contributed by atoms with Crippen LogP contribution in [0.5, 0.6) is 5.75 Å². The van der Waals surface area contributed by atoms with Gasteiger partial charge in [0.15, 0.2) is 6.10 Å². The van der Waals surface area contributed by atoms with Crippen molar-refractivity contribution in [3.63, 3.8) is 0 Å². The molecule has 0 aliphatic carbocycles. The van der Waals surface area contributed by atoms with E-state index in [0.717, 1.165) is 17.0 Å². The standard InChI is InChI=1S/C21H18BrClN4O6/c1-10(2)19-25-16-5-4-13(22)7-15(16)20(28)26(19)24-9-12-6-14(23)8-17(27(31)32)18(12)33-11(3)21(29)30/h4-11H,1-3H3,(H,29,30)/t11-/m1/s1. The third-order valence-electron chi connectivity index (χ3n) is 4.56. The molecule has 3 aromatic rings. The van der Waals surface area contributed by atoms with Crippen molar-refractivity contribution in [1.82, 2.24) is 9.66 Å². The number of carboxylic acid groups (broad SMARTS) is 1. The number of hydrogen-bond donors (Lipinski definition) is 1. The zero-order valence-corrected chi connectivity index (χ0v) is 20.0. The van der Waals surface area contributed by atoms with Gasteiger partial charge in [0, 0.05) is 27.0 Å². The van der Waals surface area contributed by atoms with Crippen LogP contribution in [-0.4, -0.2) is 38.0 Å². The number of rotatable bonds is 7. The number of nitro groups is 1. The van der Waals surface area contributed by atoms with Crippen LogP contribution in [0.2, 0.25) is 5.02 Å². The molecule has 0 spiro atoms. The Morgan fingerprint density at radius 2 is 2.03 bits per heavy atom. The number of ether oxygens (including phenoxy) is 1. The van der Waals surface area contributed by atoms with Gasteiger partial charge in [0.25, 0.3) is 5.56 Å². The Kier molecular flexibility index (Phi) is 7.13. The first-order valence-electron chi connectivity index (χ1n) is 9.63. The fraction of sp³-hybridized carbons (Fsp3) is 0.238. The summed E-state index contributed by atoms with van der Waals surface area (Å²) in [5, 5.41) is 25.3. The summed E-state index contributed by atoms with van der Waals surface area (Å²) < 4.78 is 7.12. The van der Waals surface area contributed by atoms with Gasteiger partial charge in [-0.1, -0.05) is 41.4 Å². The van der Waals surface area contributed by atoms with Gasteiger partial charge in [-0.3, -0.25) is 14.9 Å². The number of fused-ring (bicyclic) bond motifs is 1. The van der Waals surface area contributed by atoms with E-state index < -0.39 is 28.2 Å². The summed E-state index contributed by atoms with van der Waals surface area (Å²) in [6.07, 6.45) is -0.229. The first-order chi connectivity index (χ1) is 15.5. The summed E-state index contributed by atoms with van der Waals surface area (Å²) in [4.78, 5) is 39.7. The minimum absolute atomic E-state index is 0.00970. The van der Waals surface area contributed by atoms with Crippen molar-refractivity contribution in [3.8, 4) is 5.75 Å². The molecular weight excluding hydrogens is 520 g/mol. The van der Waals surface area contributed by atoms with Crippen molar-refractivity contribution in [2.45, 2.75) is 32.8 Å². The Hall–Kier alpha value is -3.31. The molecule has 2 aromatic carbocycles. The van der Waals surface area contributed by atoms with E-state index in [4.69, 9.17) is 16.3 Å². The zero-order chi connectivity index (χ0) is 24.4. The maximum Gasteiger partial charge on any atom is 0.344 e. The molecule has 10 nitrogen and oxygen atoms in total. The van der Waals surface area contributed by atoms with Gasteiger partial charge in [0.1, 0.15) is 5.82 Å². The van der Waals surface area contributed by atoms with E-state index in [9.17, 15) is 24.8 Å². The average molecular weight is 538 g/mol. The van der Waals surface area contributed by atoms with Crippen LogP contribution in [0.1, 0.15) is 38.1 Å². The molecule has 0 amide bonds. The van der Waals surface area contributed by atoms with Crippen LogP contribution in [-0.2, 0) is 4.79 Å². The summed E-state index contributed by atoms with van der Waals surface area (Å²) in [6, 6.07) is 7.47. The molecule has 0 unspecified atom stereocenters. The van der Waals surface area contributed by atoms with Gasteiger partial charge in [0.2, 0.25) is 5.75 Å². The highest BCUT2D eigenvalue weighted by atomic mass is 79.9. The van der Waals surface area contributed by atoms with E-state index in [1.807, 2.05) is 13.8 Å². The molecule has 0 saturated heterocycles. The molecule has 0 saturated carbocycles. The van der Waals surface area contributed by atoms with Crippen molar-refractivity contribution >= 4 is 56.3 Å². The number of aromatic nitrogens is 2. The van der Waals surface area contributed by atoms with Crippen molar-refractivity contribution in [2.75, 3.05) is 0 Å². The topological polar surface area (TPSA) is 137 Å². The molecule has 33 heavy (non-hydrogen) atoms. The lowest BCUT2D eigenvalue weighted by atomic mass is 10.1. The number of halogens is 2. The van der Waals surface area contributed by atoms with E-state index in [1.54, 1.807) is 18.2 Å². The SMILES string of the molecule is CC(C)c1nc2ccc(Br)cc2c(=O)n1N=Cc1cc(Cl)cc([N+](=O)[O-])c1O[C@H](C)C(=O)O. The molecular formula is C21H18BrClN4O6. The largest absolute Gasteiger partial charge is 0.479 e. The third kappa shape index (κ3) is 5.20. The Morgan fingerprint density at radius 3 is 2.64 bits per heavy atom. The number of carbonyl (C=O) groups is 1. The zero-order valence-electron chi connectivity index (χ0n) is 17.7. The smallest absolute Gasteiger partial charge is 0.344 e. The van der Waals surface area contributed by atoms with Gasteiger partial charge in [-0.05, 0) is 31.2 Å². The summed E-state index contributed by atoms with van der Waals surface area (Å²) >= 11 is 9.36. The van der Waals surface area contributed by atoms with Crippen molar-refractivity contribution < 1.29 is 19.6 Å². The molecule has 1 aromatic heterocycles. The van der Waals surface area contributed by atoms with Crippen LogP contribution in [0.4, 0.5) is 5.69 Å². The predicted octanol–water partition coefficient (Wildman–Crippen LogP) is 4.58. The number of nitro benzene ring substituents is 1. The predicted molar refractivity (Wildman–Crippen MR) is 127 cm³/mol. The lowest BCUT2D eigenvalue weighted by Gasteiger charge is -2.14. The Morgan fingerprint density at radius 1 is 1.33 bits per heavy atom. The molecule has 0 aliphatic rings. The minimum atomic E-state index is -1.38. The third-order valence-corrected chi connectivity index (χ3v) is 5.28. The normalized spacial score (nSPS) is 12.4. The number of hydrogen-bond acceptors (Lipinski definition) is 7. The lowest BCUT2D eigenvalue weighted by Crippen LogP contribution is -2.24. The highest BCUT2D eigenvalue weighted by Crippen LogP contribution is 2.34. The lowest BCUT2D eigenvalue weighted by molar-refractivity contribution is -0.386. The second-order valence-corrected chi connectivity index (χ2v) is 8.70. The fourth-order valence-electron chi connectivity index (χ4n) is 2.96. The summed E-state index contributed by atoms with van der Waals surface area (Å²) in [6.45, 7) is 4.91. The highest BCUT2D eigenvalue weighted by Gasteiger charge is 2.25. The van der Waals surface area contributed by atoms with Gasteiger partial charge in [-0.2, -0.15) is 9.78 Å². The van der Waals surface area contributed by atoms with Gasteiger partial charge in [-0.15, -0.1) is 0 Å². The van der Waals surface area contributed by atoms with E-state index in [-0.39, 0.29) is 22.3 Å². The molecule has 3 rings (SSSR count).